The van der Waals surface area contributed by atoms with Crippen LogP contribution in [0.3, 0.4) is 0 Å². The Morgan fingerprint density at radius 1 is 1.60 bits per heavy atom. The molecule has 1 aliphatic rings. The zero-order valence-corrected chi connectivity index (χ0v) is 8.25. The second kappa shape index (κ2) is 3.73. The normalized spacial score (nSPS) is 20.3. The topological polar surface area (TPSA) is 43.8 Å². The van der Waals surface area contributed by atoms with E-state index in [1.165, 1.54) is 19.0 Å². The minimum Gasteiger partial charge on any atom is -0.480 e. The summed E-state index contributed by atoms with van der Waals surface area (Å²) in [7, 11) is 1.41. The lowest BCUT2D eigenvalue weighted by atomic mass is 10.3. The standard InChI is InChI=1S/C8H11F3N2O2/c1-5(7(14)15)13-4-6(3-12(13)2)8(9,10)11/h4-5H,3H2,1-2H3,(H,14,15). The van der Waals surface area contributed by atoms with Crippen molar-refractivity contribution < 1.29 is 23.1 Å². The number of carboxylic acids is 1. The third-order valence-electron chi connectivity index (χ3n) is 2.20. The van der Waals surface area contributed by atoms with Crippen molar-refractivity contribution in [2.24, 2.45) is 0 Å². The van der Waals surface area contributed by atoms with Gasteiger partial charge in [0.25, 0.3) is 0 Å². The Hall–Kier alpha value is -1.24. The molecule has 0 saturated heterocycles. The van der Waals surface area contributed by atoms with Crippen molar-refractivity contribution in [2.45, 2.75) is 19.1 Å². The van der Waals surface area contributed by atoms with Crippen molar-refractivity contribution in [1.82, 2.24) is 10.0 Å². The molecule has 0 fully saturated rings. The molecule has 1 heterocycles. The van der Waals surface area contributed by atoms with E-state index in [9.17, 15) is 18.0 Å². The second-order valence-electron chi connectivity index (χ2n) is 3.36. The van der Waals surface area contributed by atoms with E-state index >= 15 is 0 Å². The molecule has 1 rings (SSSR count). The van der Waals surface area contributed by atoms with Crippen LogP contribution in [-0.2, 0) is 4.79 Å². The van der Waals surface area contributed by atoms with Gasteiger partial charge >= 0.3 is 12.1 Å². The van der Waals surface area contributed by atoms with E-state index in [1.54, 1.807) is 0 Å². The molecule has 0 radical (unpaired) electrons. The van der Waals surface area contributed by atoms with Gasteiger partial charge in [-0.15, -0.1) is 0 Å². The maximum absolute atomic E-state index is 12.3. The predicted octanol–water partition coefficient (Wildman–Crippen LogP) is 1.07. The van der Waals surface area contributed by atoms with Crippen molar-refractivity contribution >= 4 is 5.97 Å². The third kappa shape index (κ3) is 2.41. The van der Waals surface area contributed by atoms with Crippen LogP contribution in [0, 0.1) is 0 Å². The third-order valence-corrected chi connectivity index (χ3v) is 2.20. The van der Waals surface area contributed by atoms with Gasteiger partial charge in [-0.25, -0.2) is 9.80 Å². The van der Waals surface area contributed by atoms with E-state index in [2.05, 4.69) is 0 Å². The van der Waals surface area contributed by atoms with Gasteiger partial charge in [0.1, 0.15) is 6.04 Å². The van der Waals surface area contributed by atoms with Gasteiger partial charge in [-0.3, -0.25) is 5.01 Å². The molecule has 0 bridgehead atoms. The molecule has 0 aromatic heterocycles. The van der Waals surface area contributed by atoms with E-state index < -0.39 is 23.8 Å². The van der Waals surface area contributed by atoms with Crippen molar-refractivity contribution in [3.63, 3.8) is 0 Å². The zero-order valence-electron chi connectivity index (χ0n) is 8.25. The van der Waals surface area contributed by atoms with E-state index in [4.69, 9.17) is 5.11 Å². The Kier molecular flexibility index (Phi) is 2.94. The largest absolute Gasteiger partial charge is 0.480 e. The minimum absolute atomic E-state index is 0.318. The van der Waals surface area contributed by atoms with Crippen molar-refractivity contribution in [3.05, 3.63) is 11.8 Å². The van der Waals surface area contributed by atoms with Crippen LogP contribution in [-0.4, -0.2) is 46.9 Å². The first-order valence-electron chi connectivity index (χ1n) is 4.23. The van der Waals surface area contributed by atoms with Crippen LogP contribution < -0.4 is 0 Å². The monoisotopic (exact) mass is 224 g/mol. The molecule has 1 atom stereocenters. The SMILES string of the molecule is CC(C(=O)O)N1C=C(C(F)(F)F)CN1C. The quantitative estimate of drug-likeness (QED) is 0.761. The zero-order chi connectivity index (χ0) is 11.8. The molecule has 0 aliphatic carbocycles. The summed E-state index contributed by atoms with van der Waals surface area (Å²) in [5, 5.41) is 11.0. The van der Waals surface area contributed by atoms with Crippen LogP contribution >= 0.6 is 0 Å². The number of carboxylic acid groups (broad SMARTS) is 1. The highest BCUT2D eigenvalue weighted by atomic mass is 19.4. The van der Waals surface area contributed by atoms with Crippen LogP contribution in [0.15, 0.2) is 11.8 Å². The highest BCUT2D eigenvalue weighted by Crippen LogP contribution is 2.31. The maximum Gasteiger partial charge on any atom is 0.415 e. The number of nitrogens with zero attached hydrogens (tertiary/aromatic N) is 2. The molecule has 0 spiro atoms. The van der Waals surface area contributed by atoms with Crippen molar-refractivity contribution in [2.75, 3.05) is 13.6 Å². The number of hydrazine groups is 1. The molecule has 4 nitrogen and oxygen atoms in total. The number of rotatable bonds is 2. The highest BCUT2D eigenvalue weighted by Gasteiger charge is 2.40. The van der Waals surface area contributed by atoms with Gasteiger partial charge < -0.3 is 5.11 Å². The number of hydrogen-bond donors (Lipinski definition) is 1. The average molecular weight is 224 g/mol. The molecule has 1 aliphatic heterocycles. The molecule has 7 heteroatoms. The lowest BCUT2D eigenvalue weighted by Gasteiger charge is -2.28. The van der Waals surface area contributed by atoms with Crippen LogP contribution in [0.1, 0.15) is 6.92 Å². The van der Waals surface area contributed by atoms with Crippen LogP contribution in [0.4, 0.5) is 13.2 Å². The maximum atomic E-state index is 12.3. The lowest BCUT2D eigenvalue weighted by Crippen LogP contribution is -2.42. The van der Waals surface area contributed by atoms with Gasteiger partial charge in [0.2, 0.25) is 0 Å². The van der Waals surface area contributed by atoms with E-state index in [1.807, 2.05) is 0 Å². The number of carbonyl (C=O) groups is 1. The molecule has 0 aromatic rings. The lowest BCUT2D eigenvalue weighted by molar-refractivity contribution is -0.146. The van der Waals surface area contributed by atoms with Crippen LogP contribution in [0.25, 0.3) is 0 Å². The Balaban J connectivity index is 2.85. The summed E-state index contributed by atoms with van der Waals surface area (Å²) >= 11 is 0. The number of aliphatic carboxylic acids is 1. The van der Waals surface area contributed by atoms with Crippen LogP contribution in [0.5, 0.6) is 0 Å². The van der Waals surface area contributed by atoms with E-state index in [0.29, 0.717) is 0 Å². The van der Waals surface area contributed by atoms with E-state index in [-0.39, 0.29) is 6.54 Å². The van der Waals surface area contributed by atoms with Gasteiger partial charge in [-0.2, -0.15) is 13.2 Å². The Morgan fingerprint density at radius 3 is 2.47 bits per heavy atom. The highest BCUT2D eigenvalue weighted by molar-refractivity contribution is 5.73. The Morgan fingerprint density at radius 2 is 2.13 bits per heavy atom. The second-order valence-corrected chi connectivity index (χ2v) is 3.36. The first-order valence-corrected chi connectivity index (χ1v) is 4.23. The van der Waals surface area contributed by atoms with Gasteiger partial charge in [0.05, 0.1) is 5.57 Å². The van der Waals surface area contributed by atoms with Crippen molar-refractivity contribution in [1.29, 1.82) is 0 Å². The number of halogens is 3. The van der Waals surface area contributed by atoms with Crippen LogP contribution in [0.2, 0.25) is 0 Å². The average Bonchev–Trinajstić information content (AvgIpc) is 2.45. The fourth-order valence-electron chi connectivity index (χ4n) is 1.31. The molecule has 86 valence electrons. The molecule has 1 unspecified atom stereocenters. The molecular formula is C8H11F3N2O2. The number of likely N-dealkylation sites (N-methyl/N-ethyl adjacent to an activating group) is 1. The summed E-state index contributed by atoms with van der Waals surface area (Å²) in [6.07, 6.45) is -3.57. The summed E-state index contributed by atoms with van der Waals surface area (Å²) in [6, 6.07) is -1.00. The summed E-state index contributed by atoms with van der Waals surface area (Å²) in [5.41, 5.74) is -0.738. The van der Waals surface area contributed by atoms with Gasteiger partial charge in [0.15, 0.2) is 0 Å². The first-order chi connectivity index (χ1) is 6.73. The molecule has 0 amide bonds. The van der Waals surface area contributed by atoms with E-state index in [0.717, 1.165) is 11.2 Å². The summed E-state index contributed by atoms with van der Waals surface area (Å²) < 4.78 is 36.9. The summed E-state index contributed by atoms with van der Waals surface area (Å²) in [6.45, 7) is 1.01. The molecule has 0 saturated carbocycles. The fraction of sp³-hybridized carbons (Fsp3) is 0.625. The van der Waals surface area contributed by atoms with Gasteiger partial charge in [-0.05, 0) is 6.92 Å². The Bertz CT molecular complexity index is 301. The van der Waals surface area contributed by atoms with Crippen molar-refractivity contribution in [3.8, 4) is 0 Å². The Labute approximate surface area is 84.5 Å². The summed E-state index contributed by atoms with van der Waals surface area (Å²) in [5.74, 6) is -1.17. The molecular weight excluding hydrogens is 213 g/mol. The molecule has 1 N–H and O–H groups in total. The number of alkyl halides is 3. The summed E-state index contributed by atoms with van der Waals surface area (Å²) in [4.78, 5) is 10.6. The fourth-order valence-corrected chi connectivity index (χ4v) is 1.31. The molecule has 0 aromatic carbocycles. The first kappa shape index (κ1) is 11.8. The van der Waals surface area contributed by atoms with Gasteiger partial charge in [0, 0.05) is 19.8 Å². The predicted molar refractivity (Wildman–Crippen MR) is 45.7 cm³/mol. The number of hydrogen-bond acceptors (Lipinski definition) is 3. The van der Waals surface area contributed by atoms with Gasteiger partial charge in [-0.1, -0.05) is 0 Å². The smallest absolute Gasteiger partial charge is 0.415 e. The minimum atomic E-state index is -4.40. The molecule has 15 heavy (non-hydrogen) atoms.